The molecule has 1 fully saturated rings. The minimum Gasteiger partial charge on any atom is -0.414 e. The summed E-state index contributed by atoms with van der Waals surface area (Å²) in [6.45, 7) is 1.23. The fourth-order valence-electron chi connectivity index (χ4n) is 2.75. The third-order valence-electron chi connectivity index (χ3n) is 3.94. The second kappa shape index (κ2) is 7.07. The summed E-state index contributed by atoms with van der Waals surface area (Å²) in [7, 11) is -1.00. The summed E-state index contributed by atoms with van der Waals surface area (Å²) in [6, 6.07) is 8.11. The van der Waals surface area contributed by atoms with Gasteiger partial charge in [-0.2, -0.15) is 0 Å². The Bertz CT molecular complexity index is 874. The van der Waals surface area contributed by atoms with Gasteiger partial charge in [-0.15, -0.1) is 5.10 Å². The Morgan fingerprint density at radius 1 is 1.42 bits per heavy atom. The Kier molecular flexibility index (Phi) is 5.24. The molecular formula is C15H18BrN3O3S2. The fourth-order valence-corrected chi connectivity index (χ4v) is 4.93. The molecular weight excluding hydrogens is 414 g/mol. The molecule has 1 aliphatic heterocycles. The molecule has 9 heteroatoms. The summed E-state index contributed by atoms with van der Waals surface area (Å²) in [4.78, 5) is 2.34. The van der Waals surface area contributed by atoms with Crippen LogP contribution in [-0.4, -0.2) is 41.7 Å². The Morgan fingerprint density at radius 2 is 2.12 bits per heavy atom. The molecule has 1 atom stereocenters. The third-order valence-corrected chi connectivity index (χ3v) is 6.54. The molecule has 2 aromatic rings. The SMILES string of the molecule is CN(Cc1ccc(Br)cc1)Cn1nc([C@H]2CCS(=O)(=O)C2)oc1=S. The van der Waals surface area contributed by atoms with Gasteiger partial charge in [0.05, 0.1) is 24.1 Å². The van der Waals surface area contributed by atoms with Crippen molar-refractivity contribution >= 4 is 38.0 Å². The number of hydrogen-bond acceptors (Lipinski definition) is 6. The van der Waals surface area contributed by atoms with Gasteiger partial charge in [0.2, 0.25) is 5.89 Å². The lowest BCUT2D eigenvalue weighted by atomic mass is 10.1. The average molecular weight is 432 g/mol. The Hall–Kier alpha value is -1.03. The summed E-state index contributed by atoms with van der Waals surface area (Å²) < 4.78 is 31.4. The van der Waals surface area contributed by atoms with Gasteiger partial charge in [-0.05, 0) is 43.4 Å². The maximum Gasteiger partial charge on any atom is 0.288 e. The van der Waals surface area contributed by atoms with Crippen molar-refractivity contribution in [2.75, 3.05) is 18.6 Å². The van der Waals surface area contributed by atoms with Crippen molar-refractivity contribution < 1.29 is 12.8 Å². The number of aromatic nitrogens is 2. The van der Waals surface area contributed by atoms with E-state index in [1.165, 1.54) is 5.56 Å². The normalized spacial score (nSPS) is 19.9. The van der Waals surface area contributed by atoms with Crippen LogP contribution in [0.4, 0.5) is 0 Å². The predicted octanol–water partition coefficient (Wildman–Crippen LogP) is 2.96. The number of nitrogens with zero attached hydrogens (tertiary/aromatic N) is 3. The second-order valence-electron chi connectivity index (χ2n) is 6.09. The van der Waals surface area contributed by atoms with Crippen molar-refractivity contribution in [3.63, 3.8) is 0 Å². The molecule has 0 amide bonds. The van der Waals surface area contributed by atoms with E-state index >= 15 is 0 Å². The zero-order chi connectivity index (χ0) is 17.3. The highest BCUT2D eigenvalue weighted by Gasteiger charge is 2.32. The first-order valence-electron chi connectivity index (χ1n) is 7.54. The zero-order valence-corrected chi connectivity index (χ0v) is 16.4. The van der Waals surface area contributed by atoms with Gasteiger partial charge in [-0.25, -0.2) is 13.1 Å². The van der Waals surface area contributed by atoms with E-state index < -0.39 is 9.84 Å². The lowest BCUT2D eigenvalue weighted by Gasteiger charge is -2.16. The lowest BCUT2D eigenvalue weighted by molar-refractivity contribution is 0.240. The molecule has 0 bridgehead atoms. The van der Waals surface area contributed by atoms with Crippen molar-refractivity contribution in [2.24, 2.45) is 0 Å². The number of rotatable bonds is 5. The highest BCUT2D eigenvalue weighted by molar-refractivity contribution is 9.10. The third kappa shape index (κ3) is 4.33. The molecule has 24 heavy (non-hydrogen) atoms. The molecule has 0 saturated carbocycles. The van der Waals surface area contributed by atoms with Crippen molar-refractivity contribution in [2.45, 2.75) is 25.6 Å². The molecule has 130 valence electrons. The van der Waals surface area contributed by atoms with Gasteiger partial charge in [0, 0.05) is 11.0 Å². The highest BCUT2D eigenvalue weighted by Crippen LogP contribution is 2.27. The monoisotopic (exact) mass is 431 g/mol. The van der Waals surface area contributed by atoms with Crippen molar-refractivity contribution in [3.05, 3.63) is 45.0 Å². The van der Waals surface area contributed by atoms with Crippen molar-refractivity contribution in [3.8, 4) is 0 Å². The zero-order valence-electron chi connectivity index (χ0n) is 13.2. The minimum atomic E-state index is -2.97. The highest BCUT2D eigenvalue weighted by atomic mass is 79.9. The molecule has 0 N–H and O–H groups in total. The number of halogens is 1. The first-order valence-corrected chi connectivity index (χ1v) is 10.6. The van der Waals surface area contributed by atoms with Crippen LogP contribution in [0.5, 0.6) is 0 Å². The van der Waals surface area contributed by atoms with Gasteiger partial charge < -0.3 is 4.42 Å². The van der Waals surface area contributed by atoms with Crippen LogP contribution in [0.15, 0.2) is 33.2 Å². The average Bonchev–Trinajstić information content (AvgIpc) is 3.04. The Morgan fingerprint density at radius 3 is 2.75 bits per heavy atom. The van der Waals surface area contributed by atoms with Gasteiger partial charge in [-0.1, -0.05) is 28.1 Å². The molecule has 0 unspecified atom stereocenters. The lowest BCUT2D eigenvalue weighted by Crippen LogP contribution is -2.22. The molecule has 6 nitrogen and oxygen atoms in total. The first kappa shape index (κ1) is 17.8. The van der Waals surface area contributed by atoms with Crippen LogP contribution in [0.2, 0.25) is 0 Å². The largest absolute Gasteiger partial charge is 0.414 e. The quantitative estimate of drug-likeness (QED) is 0.677. The van der Waals surface area contributed by atoms with Gasteiger partial charge in [-0.3, -0.25) is 4.90 Å². The van der Waals surface area contributed by atoms with E-state index in [1.54, 1.807) is 4.68 Å². The minimum absolute atomic E-state index is 0.0943. The van der Waals surface area contributed by atoms with E-state index in [9.17, 15) is 8.42 Å². The molecule has 1 aliphatic rings. The van der Waals surface area contributed by atoms with E-state index in [4.69, 9.17) is 16.6 Å². The molecule has 0 aliphatic carbocycles. The maximum absolute atomic E-state index is 11.6. The molecule has 2 heterocycles. The van der Waals surface area contributed by atoms with E-state index in [-0.39, 0.29) is 22.3 Å². The Balaban J connectivity index is 1.67. The van der Waals surface area contributed by atoms with E-state index in [1.807, 2.05) is 19.2 Å². The summed E-state index contributed by atoms with van der Waals surface area (Å²) in [6.07, 6.45) is 0.548. The van der Waals surface area contributed by atoms with Gasteiger partial charge in [0.1, 0.15) is 0 Å². The van der Waals surface area contributed by atoms with Crippen LogP contribution < -0.4 is 0 Å². The van der Waals surface area contributed by atoms with E-state index in [0.29, 0.717) is 19.0 Å². The van der Waals surface area contributed by atoms with E-state index in [2.05, 4.69) is 38.1 Å². The summed E-state index contributed by atoms with van der Waals surface area (Å²) in [5.41, 5.74) is 1.18. The smallest absolute Gasteiger partial charge is 0.288 e. The molecule has 0 radical (unpaired) electrons. The van der Waals surface area contributed by atoms with Crippen LogP contribution in [0, 0.1) is 4.84 Å². The standard InChI is InChI=1S/C15H18BrN3O3S2/c1-18(8-11-2-4-13(16)5-3-11)10-19-15(23)22-14(17-19)12-6-7-24(20,21)9-12/h2-5,12H,6-10H2,1H3/t12-/m0/s1. The van der Waals surface area contributed by atoms with Gasteiger partial charge in [0.15, 0.2) is 9.84 Å². The molecule has 3 rings (SSSR count). The second-order valence-corrected chi connectivity index (χ2v) is 9.58. The fraction of sp³-hybridized carbons (Fsp3) is 0.467. The van der Waals surface area contributed by atoms with Crippen LogP contribution in [0.25, 0.3) is 0 Å². The Labute approximate surface area is 154 Å². The van der Waals surface area contributed by atoms with Crippen molar-refractivity contribution in [1.82, 2.24) is 14.7 Å². The first-order chi connectivity index (χ1) is 11.3. The molecule has 1 aromatic carbocycles. The van der Waals surface area contributed by atoms with Crippen LogP contribution in [-0.2, 0) is 23.1 Å². The summed E-state index contributed by atoms with van der Waals surface area (Å²) in [5, 5.41) is 4.39. The number of benzene rings is 1. The summed E-state index contributed by atoms with van der Waals surface area (Å²) >= 11 is 8.64. The molecule has 1 saturated heterocycles. The number of sulfone groups is 1. The number of hydrogen-bond donors (Lipinski definition) is 0. The predicted molar refractivity (Wildman–Crippen MR) is 96.9 cm³/mol. The van der Waals surface area contributed by atoms with Crippen LogP contribution in [0.1, 0.15) is 23.8 Å². The maximum atomic E-state index is 11.6. The van der Waals surface area contributed by atoms with Crippen molar-refractivity contribution in [1.29, 1.82) is 0 Å². The summed E-state index contributed by atoms with van der Waals surface area (Å²) in [5.74, 6) is 0.528. The van der Waals surface area contributed by atoms with Crippen LogP contribution >= 0.6 is 28.1 Å². The van der Waals surface area contributed by atoms with Gasteiger partial charge in [0.25, 0.3) is 4.84 Å². The molecule has 0 spiro atoms. The van der Waals surface area contributed by atoms with Crippen LogP contribution in [0.3, 0.4) is 0 Å². The van der Waals surface area contributed by atoms with Gasteiger partial charge >= 0.3 is 0 Å². The topological polar surface area (TPSA) is 68.3 Å². The van der Waals surface area contributed by atoms with E-state index in [0.717, 1.165) is 11.0 Å². The molecule has 1 aromatic heterocycles.